The number of β-amino-alcohol motifs (C(OH)–C–C–N with tert-alkyl or cyclic N) is 1. The fourth-order valence-electron chi connectivity index (χ4n) is 3.20. The van der Waals surface area contributed by atoms with E-state index < -0.39 is 17.7 Å². The standard InChI is InChI=1S/C20H18ClNO5/c1-27-15-5-3-2-4-14(15)17-16(19(25)20(26)22(17)10-11-23)18(24)12-6-8-13(21)9-7-12/h2-9,17,23-24H,10-11H2,1H3/t17-/m0/s1. The van der Waals surface area contributed by atoms with Crippen molar-refractivity contribution in [2.24, 2.45) is 0 Å². The molecule has 0 radical (unpaired) electrons. The molecule has 1 amide bonds. The third-order valence-corrected chi connectivity index (χ3v) is 4.68. The molecule has 3 rings (SSSR count). The number of benzene rings is 2. The van der Waals surface area contributed by atoms with Gasteiger partial charge in [0.1, 0.15) is 11.5 Å². The lowest BCUT2D eigenvalue weighted by molar-refractivity contribution is -0.140. The Bertz CT molecular complexity index is 907. The Labute approximate surface area is 161 Å². The molecule has 0 aromatic heterocycles. The van der Waals surface area contributed by atoms with Crippen molar-refractivity contribution >= 4 is 29.1 Å². The lowest BCUT2D eigenvalue weighted by Gasteiger charge is -2.25. The molecule has 7 heteroatoms. The van der Waals surface area contributed by atoms with E-state index in [2.05, 4.69) is 0 Å². The number of aliphatic hydroxyl groups is 2. The van der Waals surface area contributed by atoms with E-state index in [0.29, 0.717) is 21.9 Å². The first-order chi connectivity index (χ1) is 13.0. The molecule has 1 aliphatic heterocycles. The van der Waals surface area contributed by atoms with E-state index >= 15 is 0 Å². The minimum Gasteiger partial charge on any atom is -0.507 e. The zero-order valence-corrected chi connectivity index (χ0v) is 15.3. The fourth-order valence-corrected chi connectivity index (χ4v) is 3.32. The minimum atomic E-state index is -0.871. The van der Waals surface area contributed by atoms with Gasteiger partial charge in [-0.25, -0.2) is 0 Å². The Kier molecular flexibility index (Phi) is 5.48. The van der Waals surface area contributed by atoms with Crippen LogP contribution < -0.4 is 4.74 Å². The van der Waals surface area contributed by atoms with E-state index in [1.807, 2.05) is 0 Å². The Balaban J connectivity index is 2.22. The van der Waals surface area contributed by atoms with Crippen molar-refractivity contribution in [2.75, 3.05) is 20.3 Å². The van der Waals surface area contributed by atoms with Crippen molar-refractivity contribution in [1.29, 1.82) is 0 Å². The number of ketones is 1. The second-order valence-electron chi connectivity index (χ2n) is 5.96. The van der Waals surface area contributed by atoms with Crippen LogP contribution in [-0.2, 0) is 9.59 Å². The molecule has 0 saturated carbocycles. The first-order valence-corrected chi connectivity index (χ1v) is 8.65. The maximum atomic E-state index is 12.7. The molecule has 1 atom stereocenters. The molecule has 2 aromatic carbocycles. The van der Waals surface area contributed by atoms with Crippen LogP contribution >= 0.6 is 11.6 Å². The second-order valence-corrected chi connectivity index (χ2v) is 6.40. The zero-order chi connectivity index (χ0) is 19.6. The molecule has 0 unspecified atom stereocenters. The summed E-state index contributed by atoms with van der Waals surface area (Å²) >= 11 is 5.89. The van der Waals surface area contributed by atoms with Crippen LogP contribution in [0.3, 0.4) is 0 Å². The average Bonchev–Trinajstić information content (AvgIpc) is 2.93. The van der Waals surface area contributed by atoms with Crippen molar-refractivity contribution < 1.29 is 24.5 Å². The summed E-state index contributed by atoms with van der Waals surface area (Å²) < 4.78 is 5.37. The predicted octanol–water partition coefficient (Wildman–Crippen LogP) is 2.76. The van der Waals surface area contributed by atoms with E-state index in [9.17, 15) is 19.8 Å². The van der Waals surface area contributed by atoms with Gasteiger partial charge in [0.05, 0.1) is 25.3 Å². The zero-order valence-electron chi connectivity index (χ0n) is 14.6. The second kappa shape index (κ2) is 7.82. The molecule has 1 aliphatic rings. The smallest absolute Gasteiger partial charge is 0.295 e. The van der Waals surface area contributed by atoms with Gasteiger partial charge in [0, 0.05) is 22.7 Å². The number of ether oxygens (including phenoxy) is 1. The van der Waals surface area contributed by atoms with E-state index in [4.69, 9.17) is 16.3 Å². The number of hydrogen-bond acceptors (Lipinski definition) is 5. The molecular weight excluding hydrogens is 370 g/mol. The van der Waals surface area contributed by atoms with Crippen LogP contribution in [-0.4, -0.2) is 47.1 Å². The molecule has 0 aliphatic carbocycles. The van der Waals surface area contributed by atoms with Gasteiger partial charge in [0.2, 0.25) is 0 Å². The number of likely N-dealkylation sites (tertiary alicyclic amines) is 1. The van der Waals surface area contributed by atoms with Crippen LogP contribution in [0.2, 0.25) is 5.02 Å². The molecule has 0 bridgehead atoms. The first-order valence-electron chi connectivity index (χ1n) is 8.27. The fraction of sp³-hybridized carbons (Fsp3) is 0.200. The van der Waals surface area contributed by atoms with Gasteiger partial charge >= 0.3 is 0 Å². The largest absolute Gasteiger partial charge is 0.507 e. The first kappa shape index (κ1) is 18.9. The van der Waals surface area contributed by atoms with Crippen molar-refractivity contribution in [3.8, 4) is 5.75 Å². The Morgan fingerprint density at radius 1 is 1.15 bits per heavy atom. The maximum Gasteiger partial charge on any atom is 0.295 e. The highest BCUT2D eigenvalue weighted by atomic mass is 35.5. The third kappa shape index (κ3) is 3.41. The summed E-state index contributed by atoms with van der Waals surface area (Å²) in [5.41, 5.74) is 0.852. The number of nitrogens with zero attached hydrogens (tertiary/aromatic N) is 1. The summed E-state index contributed by atoms with van der Waals surface area (Å²) in [5.74, 6) is -1.43. The van der Waals surface area contributed by atoms with Crippen molar-refractivity contribution in [3.05, 3.63) is 70.3 Å². The number of para-hydroxylation sites is 1. The van der Waals surface area contributed by atoms with Crippen molar-refractivity contribution in [3.63, 3.8) is 0 Å². The van der Waals surface area contributed by atoms with E-state index in [1.54, 1.807) is 48.5 Å². The molecule has 1 saturated heterocycles. The van der Waals surface area contributed by atoms with Crippen LogP contribution in [0.5, 0.6) is 5.75 Å². The SMILES string of the molecule is COc1ccccc1[C@H]1C(=C(O)c2ccc(Cl)cc2)C(=O)C(=O)N1CCO. The van der Waals surface area contributed by atoms with Gasteiger partial charge in [0.15, 0.2) is 0 Å². The number of amides is 1. The highest BCUT2D eigenvalue weighted by Crippen LogP contribution is 2.42. The number of halogens is 1. The van der Waals surface area contributed by atoms with Crippen molar-refractivity contribution in [1.82, 2.24) is 4.90 Å². The summed E-state index contributed by atoms with van der Waals surface area (Å²) in [7, 11) is 1.48. The van der Waals surface area contributed by atoms with Gasteiger partial charge in [-0.3, -0.25) is 9.59 Å². The summed E-state index contributed by atoms with van der Waals surface area (Å²) in [6.07, 6.45) is 0. The van der Waals surface area contributed by atoms with Crippen LogP contribution in [0.1, 0.15) is 17.2 Å². The van der Waals surface area contributed by atoms with Gasteiger partial charge in [-0.2, -0.15) is 0 Å². The number of rotatable bonds is 5. The number of carbonyl (C=O) groups excluding carboxylic acids is 2. The van der Waals surface area contributed by atoms with Gasteiger partial charge in [-0.05, 0) is 30.3 Å². The summed E-state index contributed by atoms with van der Waals surface area (Å²) in [6.45, 7) is -0.371. The third-order valence-electron chi connectivity index (χ3n) is 4.43. The lowest BCUT2D eigenvalue weighted by atomic mass is 9.94. The number of carbonyl (C=O) groups is 2. The van der Waals surface area contributed by atoms with Gasteiger partial charge in [-0.15, -0.1) is 0 Å². The summed E-state index contributed by atoms with van der Waals surface area (Å²) in [5, 5.41) is 20.7. The number of aliphatic hydroxyl groups excluding tert-OH is 2. The van der Waals surface area contributed by atoms with Gasteiger partial charge < -0.3 is 19.8 Å². The normalized spacial score (nSPS) is 18.8. The van der Waals surface area contributed by atoms with E-state index in [1.165, 1.54) is 12.0 Å². The highest BCUT2D eigenvalue weighted by Gasteiger charge is 2.46. The topological polar surface area (TPSA) is 87.1 Å². The summed E-state index contributed by atoms with van der Waals surface area (Å²) in [4.78, 5) is 26.5. The molecule has 2 N–H and O–H groups in total. The van der Waals surface area contributed by atoms with Gasteiger partial charge in [-0.1, -0.05) is 29.8 Å². The highest BCUT2D eigenvalue weighted by molar-refractivity contribution is 6.46. The summed E-state index contributed by atoms with van der Waals surface area (Å²) in [6, 6.07) is 12.4. The average molecular weight is 388 g/mol. The molecule has 0 spiro atoms. The monoisotopic (exact) mass is 387 g/mol. The van der Waals surface area contributed by atoms with Crippen molar-refractivity contribution in [2.45, 2.75) is 6.04 Å². The Morgan fingerprint density at radius 2 is 1.81 bits per heavy atom. The maximum absolute atomic E-state index is 12.7. The van der Waals surface area contributed by atoms with Crippen LogP contribution in [0.15, 0.2) is 54.1 Å². The van der Waals surface area contributed by atoms with E-state index in [0.717, 1.165) is 0 Å². The van der Waals surface area contributed by atoms with Crippen LogP contribution in [0.4, 0.5) is 0 Å². The molecule has 1 fully saturated rings. The molecule has 27 heavy (non-hydrogen) atoms. The molecule has 6 nitrogen and oxygen atoms in total. The molecule has 2 aromatic rings. The number of hydrogen-bond donors (Lipinski definition) is 2. The van der Waals surface area contributed by atoms with E-state index in [-0.39, 0.29) is 24.5 Å². The van der Waals surface area contributed by atoms with Gasteiger partial charge in [0.25, 0.3) is 11.7 Å². The number of Topliss-reactive ketones (excluding diaryl/α,β-unsaturated/α-hetero) is 1. The quantitative estimate of drug-likeness (QED) is 0.468. The minimum absolute atomic E-state index is 0.0509. The molecule has 140 valence electrons. The van der Waals surface area contributed by atoms with Crippen LogP contribution in [0.25, 0.3) is 5.76 Å². The van der Waals surface area contributed by atoms with Crippen LogP contribution in [0, 0.1) is 0 Å². The number of methoxy groups -OCH3 is 1. The predicted molar refractivity (Wildman–Crippen MR) is 101 cm³/mol. The molecule has 1 heterocycles. The Morgan fingerprint density at radius 3 is 2.44 bits per heavy atom. The lowest BCUT2D eigenvalue weighted by Crippen LogP contribution is -2.32. The Hall–Kier alpha value is -2.83. The molecular formula is C20H18ClNO5.